The van der Waals surface area contributed by atoms with Crippen LogP contribution in [0.5, 0.6) is 11.5 Å². The van der Waals surface area contributed by atoms with Crippen molar-refractivity contribution in [2.45, 2.75) is 58.2 Å². The summed E-state index contributed by atoms with van der Waals surface area (Å²) in [5, 5.41) is 3.23. The first-order valence-corrected chi connectivity index (χ1v) is 11.9. The topological polar surface area (TPSA) is 109 Å². The minimum Gasteiger partial charge on any atom is -0.454 e. The first-order valence-electron chi connectivity index (χ1n) is 11.9. The van der Waals surface area contributed by atoms with Crippen LogP contribution in [-0.2, 0) is 29.0 Å². The lowest BCUT2D eigenvalue weighted by Gasteiger charge is -2.17. The molecule has 2 aliphatic rings. The first kappa shape index (κ1) is 22.9. The summed E-state index contributed by atoms with van der Waals surface area (Å²) in [4.78, 5) is 42.9. The molecule has 182 valence electrons. The Morgan fingerprint density at radius 2 is 1.91 bits per heavy atom. The van der Waals surface area contributed by atoms with E-state index in [1.165, 1.54) is 6.92 Å². The van der Waals surface area contributed by atoms with Crippen molar-refractivity contribution in [1.82, 2.24) is 14.9 Å². The number of hydrogen-bond donors (Lipinski definition) is 1. The van der Waals surface area contributed by atoms with Crippen molar-refractivity contribution in [1.29, 1.82) is 0 Å². The third-order valence-corrected chi connectivity index (χ3v) is 6.36. The Morgan fingerprint density at radius 3 is 2.80 bits per heavy atom. The molecule has 0 saturated carbocycles. The van der Waals surface area contributed by atoms with Crippen molar-refractivity contribution in [2.75, 3.05) is 6.79 Å². The lowest BCUT2D eigenvalue weighted by Crippen LogP contribution is -2.35. The van der Waals surface area contributed by atoms with E-state index in [1.807, 2.05) is 6.07 Å². The van der Waals surface area contributed by atoms with Crippen molar-refractivity contribution >= 4 is 22.8 Å². The van der Waals surface area contributed by atoms with Crippen molar-refractivity contribution < 1.29 is 23.8 Å². The number of fused-ring (bicyclic) bond motifs is 3. The Bertz CT molecular complexity index is 1350. The summed E-state index contributed by atoms with van der Waals surface area (Å²) in [5.41, 5.74) is 1.47. The minimum absolute atomic E-state index is 0.0805. The molecule has 5 rings (SSSR count). The van der Waals surface area contributed by atoms with Crippen molar-refractivity contribution in [3.8, 4) is 11.5 Å². The maximum absolute atomic E-state index is 13.0. The number of amides is 1. The second-order valence-electron chi connectivity index (χ2n) is 8.83. The molecule has 2 aromatic carbocycles. The molecule has 1 atom stereocenters. The van der Waals surface area contributed by atoms with Crippen molar-refractivity contribution in [2.24, 2.45) is 0 Å². The summed E-state index contributed by atoms with van der Waals surface area (Å²) < 4.78 is 17.8. The molecular formula is C26H27N3O6. The molecular weight excluding hydrogens is 450 g/mol. The fourth-order valence-corrected chi connectivity index (χ4v) is 4.39. The van der Waals surface area contributed by atoms with Crippen LogP contribution in [0.25, 0.3) is 10.9 Å². The number of esters is 1. The number of aromatic nitrogens is 2. The highest BCUT2D eigenvalue weighted by molar-refractivity contribution is 5.95. The number of rotatable bonds is 5. The SMILES string of the molecule is C[C@H](OC(=O)c1ccc2c(=O)n3c(nc2c1)CCCCCC3)C(=O)NCc1ccc2c(c1)OCO2. The number of aryl methyl sites for hydroxylation is 1. The van der Waals surface area contributed by atoms with Crippen LogP contribution >= 0.6 is 0 Å². The molecule has 0 bridgehead atoms. The molecule has 3 aromatic rings. The summed E-state index contributed by atoms with van der Waals surface area (Å²) in [6.07, 6.45) is 3.91. The van der Waals surface area contributed by atoms with E-state index in [-0.39, 0.29) is 24.5 Å². The van der Waals surface area contributed by atoms with E-state index in [2.05, 4.69) is 10.3 Å². The van der Waals surface area contributed by atoms with Gasteiger partial charge in [-0.25, -0.2) is 9.78 Å². The van der Waals surface area contributed by atoms with Gasteiger partial charge in [-0.15, -0.1) is 0 Å². The molecule has 9 nitrogen and oxygen atoms in total. The fourth-order valence-electron chi connectivity index (χ4n) is 4.39. The zero-order valence-corrected chi connectivity index (χ0v) is 19.5. The van der Waals surface area contributed by atoms with Crippen molar-refractivity contribution in [3.05, 3.63) is 63.7 Å². The molecule has 0 spiro atoms. The van der Waals surface area contributed by atoms with Crippen LogP contribution in [0.3, 0.4) is 0 Å². The average molecular weight is 478 g/mol. The van der Waals surface area contributed by atoms with Crippen LogP contribution in [-0.4, -0.2) is 34.3 Å². The molecule has 2 aliphatic heterocycles. The molecule has 9 heteroatoms. The fraction of sp³-hybridized carbons (Fsp3) is 0.385. The van der Waals surface area contributed by atoms with Gasteiger partial charge in [-0.3, -0.25) is 14.2 Å². The van der Waals surface area contributed by atoms with Gasteiger partial charge in [0.15, 0.2) is 17.6 Å². The van der Waals surface area contributed by atoms with Crippen LogP contribution in [0.1, 0.15) is 54.4 Å². The van der Waals surface area contributed by atoms with Crippen molar-refractivity contribution in [3.63, 3.8) is 0 Å². The van der Waals surface area contributed by atoms with E-state index in [0.717, 1.165) is 43.5 Å². The summed E-state index contributed by atoms with van der Waals surface area (Å²) in [6, 6.07) is 10.1. The van der Waals surface area contributed by atoms with E-state index in [9.17, 15) is 14.4 Å². The minimum atomic E-state index is -0.999. The number of carbonyl (C=O) groups is 2. The molecule has 0 aliphatic carbocycles. The molecule has 0 unspecified atom stereocenters. The molecule has 0 saturated heterocycles. The molecule has 0 fully saturated rings. The predicted octanol–water partition coefficient (Wildman–Crippen LogP) is 3.10. The van der Waals surface area contributed by atoms with Crippen LogP contribution in [0.2, 0.25) is 0 Å². The van der Waals surface area contributed by atoms with Crippen LogP contribution in [0.15, 0.2) is 41.2 Å². The summed E-state index contributed by atoms with van der Waals surface area (Å²) in [7, 11) is 0. The van der Waals surface area contributed by atoms with Gasteiger partial charge in [-0.2, -0.15) is 0 Å². The molecule has 0 radical (unpaired) electrons. The Labute approximate surface area is 202 Å². The normalized spacial score (nSPS) is 15.6. The Balaban J connectivity index is 1.25. The maximum atomic E-state index is 13.0. The molecule has 1 aromatic heterocycles. The average Bonchev–Trinajstić information content (AvgIpc) is 3.31. The molecule has 1 amide bonds. The molecule has 3 heterocycles. The van der Waals surface area contributed by atoms with Gasteiger partial charge in [0.2, 0.25) is 6.79 Å². The number of nitrogens with zero attached hydrogens (tertiary/aromatic N) is 2. The molecule has 35 heavy (non-hydrogen) atoms. The maximum Gasteiger partial charge on any atom is 0.338 e. The molecule has 1 N–H and O–H groups in total. The van der Waals surface area contributed by atoms with Gasteiger partial charge in [0.25, 0.3) is 11.5 Å². The van der Waals surface area contributed by atoms with E-state index in [4.69, 9.17) is 14.2 Å². The van der Waals surface area contributed by atoms with Gasteiger partial charge < -0.3 is 19.5 Å². The zero-order valence-electron chi connectivity index (χ0n) is 19.5. The smallest absolute Gasteiger partial charge is 0.338 e. The standard InChI is InChI=1S/C26H27N3O6/c1-16(24(30)27-14-17-7-10-21-22(12-17)34-15-33-21)35-26(32)18-8-9-19-20(13-18)28-23-6-4-2-3-5-11-29(23)25(19)31/h7-10,12-13,16H,2-6,11,14-15H2,1H3,(H,27,30)/t16-/m0/s1. The monoisotopic (exact) mass is 477 g/mol. The highest BCUT2D eigenvalue weighted by Crippen LogP contribution is 2.32. The Hall–Kier alpha value is -3.88. The third kappa shape index (κ3) is 4.84. The number of ether oxygens (including phenoxy) is 3. The van der Waals surface area contributed by atoms with Gasteiger partial charge in [0.05, 0.1) is 16.5 Å². The summed E-state index contributed by atoms with van der Waals surface area (Å²) >= 11 is 0. The quantitative estimate of drug-likeness (QED) is 0.563. The van der Waals surface area contributed by atoms with Gasteiger partial charge in [-0.05, 0) is 55.7 Å². The number of benzene rings is 2. The van der Waals surface area contributed by atoms with Gasteiger partial charge in [-0.1, -0.05) is 18.9 Å². The second-order valence-corrected chi connectivity index (χ2v) is 8.83. The predicted molar refractivity (Wildman–Crippen MR) is 127 cm³/mol. The highest BCUT2D eigenvalue weighted by Gasteiger charge is 2.21. The van der Waals surface area contributed by atoms with E-state index in [0.29, 0.717) is 28.9 Å². The number of hydrogen-bond acceptors (Lipinski definition) is 7. The highest BCUT2D eigenvalue weighted by atomic mass is 16.7. The van der Waals surface area contributed by atoms with Gasteiger partial charge in [0, 0.05) is 19.5 Å². The Kier molecular flexibility index (Phi) is 6.39. The largest absolute Gasteiger partial charge is 0.454 e. The zero-order chi connectivity index (χ0) is 24.4. The van der Waals surface area contributed by atoms with Crippen LogP contribution in [0.4, 0.5) is 0 Å². The van der Waals surface area contributed by atoms with Gasteiger partial charge in [0.1, 0.15) is 5.82 Å². The van der Waals surface area contributed by atoms with Crippen LogP contribution < -0.4 is 20.3 Å². The van der Waals surface area contributed by atoms with E-state index >= 15 is 0 Å². The number of carbonyl (C=O) groups excluding carboxylic acids is 2. The second kappa shape index (κ2) is 9.77. The van der Waals surface area contributed by atoms with E-state index < -0.39 is 18.0 Å². The van der Waals surface area contributed by atoms with Crippen LogP contribution in [0, 0.1) is 0 Å². The number of nitrogens with one attached hydrogen (secondary N) is 1. The third-order valence-electron chi connectivity index (χ3n) is 6.36. The lowest BCUT2D eigenvalue weighted by molar-refractivity contribution is -0.129. The van der Waals surface area contributed by atoms with Gasteiger partial charge >= 0.3 is 5.97 Å². The summed E-state index contributed by atoms with van der Waals surface area (Å²) in [5.74, 6) is 0.986. The lowest BCUT2D eigenvalue weighted by atomic mass is 10.1. The first-order chi connectivity index (χ1) is 17.0. The van der Waals surface area contributed by atoms with E-state index in [1.54, 1.807) is 34.9 Å². The summed E-state index contributed by atoms with van der Waals surface area (Å²) in [6.45, 7) is 2.62. The Morgan fingerprint density at radius 1 is 1.09 bits per heavy atom.